The van der Waals surface area contributed by atoms with Gasteiger partial charge in [0.05, 0.1) is 21.3 Å². The van der Waals surface area contributed by atoms with Crippen molar-refractivity contribution in [2.75, 3.05) is 41.2 Å². The molecule has 0 aliphatic heterocycles. The maximum absolute atomic E-state index is 11.4. The normalized spacial score (nSPS) is 10.7. The second kappa shape index (κ2) is 13.1. The number of rotatable bonds is 12. The standard InChI is InChI=1S/C29H30O9/c1-29(20-5-11-23(12-6-20)36-17-26(30)33-2,21-7-13-24(14-8-21)37-18-27(31)34-3)22-9-15-25(16-10-22)38-19-28(32)35-4/h5-16H,17-19H2,1-4H3. The van der Waals surface area contributed by atoms with E-state index in [1.807, 2.05) is 36.4 Å². The maximum atomic E-state index is 11.4. The van der Waals surface area contributed by atoms with E-state index in [0.29, 0.717) is 17.2 Å². The third kappa shape index (κ3) is 7.03. The molecule has 0 bridgehead atoms. The lowest BCUT2D eigenvalue weighted by Crippen LogP contribution is -2.25. The number of hydrogen-bond donors (Lipinski definition) is 0. The van der Waals surface area contributed by atoms with E-state index < -0.39 is 23.3 Å². The van der Waals surface area contributed by atoms with Gasteiger partial charge in [-0.15, -0.1) is 0 Å². The van der Waals surface area contributed by atoms with Gasteiger partial charge >= 0.3 is 17.9 Å². The van der Waals surface area contributed by atoms with E-state index >= 15 is 0 Å². The van der Waals surface area contributed by atoms with Gasteiger partial charge in [0, 0.05) is 5.41 Å². The summed E-state index contributed by atoms with van der Waals surface area (Å²) in [6, 6.07) is 22.3. The smallest absolute Gasteiger partial charge is 0.343 e. The molecule has 0 saturated carbocycles. The van der Waals surface area contributed by atoms with E-state index in [1.54, 1.807) is 36.4 Å². The fourth-order valence-electron chi connectivity index (χ4n) is 3.76. The van der Waals surface area contributed by atoms with Crippen molar-refractivity contribution < 1.29 is 42.8 Å². The first kappa shape index (κ1) is 28.0. The fraction of sp³-hybridized carbons (Fsp3) is 0.276. The quantitative estimate of drug-likeness (QED) is 0.200. The van der Waals surface area contributed by atoms with E-state index in [2.05, 4.69) is 21.1 Å². The Bertz CT molecular complexity index is 1060. The van der Waals surface area contributed by atoms with E-state index in [1.165, 1.54) is 21.3 Å². The van der Waals surface area contributed by atoms with Crippen molar-refractivity contribution in [1.29, 1.82) is 0 Å². The molecule has 3 aromatic rings. The summed E-state index contributed by atoms with van der Waals surface area (Å²) in [5, 5.41) is 0. The lowest BCUT2D eigenvalue weighted by atomic mass is 9.71. The van der Waals surface area contributed by atoms with Crippen LogP contribution in [0.5, 0.6) is 17.2 Å². The van der Waals surface area contributed by atoms with Gasteiger partial charge in [0.25, 0.3) is 0 Å². The van der Waals surface area contributed by atoms with Gasteiger partial charge in [-0.3, -0.25) is 0 Å². The summed E-state index contributed by atoms with van der Waals surface area (Å²) in [7, 11) is 3.91. The third-order valence-electron chi connectivity index (χ3n) is 6.05. The molecule has 9 nitrogen and oxygen atoms in total. The second-order valence-electron chi connectivity index (χ2n) is 8.29. The second-order valence-corrected chi connectivity index (χ2v) is 8.29. The van der Waals surface area contributed by atoms with Crippen LogP contribution in [0.3, 0.4) is 0 Å². The van der Waals surface area contributed by atoms with Crippen LogP contribution in [-0.4, -0.2) is 59.1 Å². The zero-order valence-electron chi connectivity index (χ0n) is 21.7. The first-order chi connectivity index (χ1) is 18.3. The molecule has 0 atom stereocenters. The Morgan fingerprint density at radius 3 is 0.947 bits per heavy atom. The molecule has 38 heavy (non-hydrogen) atoms. The fourth-order valence-corrected chi connectivity index (χ4v) is 3.76. The van der Waals surface area contributed by atoms with Gasteiger partial charge in [0.2, 0.25) is 0 Å². The molecule has 0 fully saturated rings. The predicted molar refractivity (Wildman–Crippen MR) is 137 cm³/mol. The van der Waals surface area contributed by atoms with Gasteiger partial charge < -0.3 is 28.4 Å². The Labute approximate surface area is 221 Å². The zero-order chi connectivity index (χ0) is 27.5. The zero-order valence-corrected chi connectivity index (χ0v) is 21.7. The molecule has 200 valence electrons. The average molecular weight is 523 g/mol. The third-order valence-corrected chi connectivity index (χ3v) is 6.05. The minimum absolute atomic E-state index is 0.187. The molecule has 0 unspecified atom stereocenters. The Morgan fingerprint density at radius 1 is 0.500 bits per heavy atom. The van der Waals surface area contributed by atoms with Gasteiger partial charge in [0.15, 0.2) is 19.8 Å². The molecule has 0 N–H and O–H groups in total. The van der Waals surface area contributed by atoms with E-state index in [-0.39, 0.29) is 19.8 Å². The number of methoxy groups -OCH3 is 3. The maximum Gasteiger partial charge on any atom is 0.343 e. The summed E-state index contributed by atoms with van der Waals surface area (Å²) >= 11 is 0. The summed E-state index contributed by atoms with van der Waals surface area (Å²) in [5.41, 5.74) is 2.24. The van der Waals surface area contributed by atoms with Crippen LogP contribution in [0.4, 0.5) is 0 Å². The Hall–Kier alpha value is -4.53. The van der Waals surface area contributed by atoms with E-state index in [4.69, 9.17) is 14.2 Å². The van der Waals surface area contributed by atoms with Crippen LogP contribution in [0.15, 0.2) is 72.8 Å². The van der Waals surface area contributed by atoms with E-state index in [9.17, 15) is 14.4 Å². The lowest BCUT2D eigenvalue weighted by molar-refractivity contribution is -0.143. The average Bonchev–Trinajstić information content (AvgIpc) is 2.97. The van der Waals surface area contributed by atoms with Crippen LogP contribution >= 0.6 is 0 Å². The first-order valence-electron chi connectivity index (χ1n) is 11.7. The van der Waals surface area contributed by atoms with E-state index in [0.717, 1.165) is 16.7 Å². The molecule has 0 amide bonds. The van der Waals surface area contributed by atoms with Crippen LogP contribution in [0.2, 0.25) is 0 Å². The first-order valence-corrected chi connectivity index (χ1v) is 11.7. The molecule has 0 aliphatic carbocycles. The summed E-state index contributed by atoms with van der Waals surface area (Å²) in [6.07, 6.45) is 0. The van der Waals surface area contributed by atoms with Crippen LogP contribution in [0.1, 0.15) is 23.6 Å². The van der Waals surface area contributed by atoms with Crippen LogP contribution in [0, 0.1) is 0 Å². The van der Waals surface area contributed by atoms with Gasteiger partial charge in [-0.2, -0.15) is 0 Å². The minimum atomic E-state index is -0.622. The van der Waals surface area contributed by atoms with Crippen molar-refractivity contribution in [2.24, 2.45) is 0 Å². The SMILES string of the molecule is COC(=O)COc1ccc(C(C)(c2ccc(OCC(=O)OC)cc2)c2ccc(OCC(=O)OC)cc2)cc1. The summed E-state index contributed by atoms with van der Waals surface area (Å²) in [5.74, 6) is 0.174. The molecule has 3 rings (SSSR count). The summed E-state index contributed by atoms with van der Waals surface area (Å²) < 4.78 is 30.4. The Balaban J connectivity index is 1.93. The molecule has 0 radical (unpaired) electrons. The highest BCUT2D eigenvalue weighted by Gasteiger charge is 2.31. The number of hydrogen-bond acceptors (Lipinski definition) is 9. The highest BCUT2D eigenvalue weighted by atomic mass is 16.6. The molecule has 9 heteroatoms. The Morgan fingerprint density at radius 2 is 0.737 bits per heavy atom. The Kier molecular flexibility index (Phi) is 9.70. The van der Waals surface area contributed by atoms with Crippen molar-refractivity contribution >= 4 is 17.9 Å². The lowest BCUT2D eigenvalue weighted by Gasteiger charge is -2.32. The molecule has 3 aromatic carbocycles. The monoisotopic (exact) mass is 522 g/mol. The molecule has 0 saturated heterocycles. The van der Waals surface area contributed by atoms with Crippen molar-refractivity contribution in [3.63, 3.8) is 0 Å². The highest BCUT2D eigenvalue weighted by molar-refractivity contribution is 5.71. The topological polar surface area (TPSA) is 107 Å². The van der Waals surface area contributed by atoms with Gasteiger partial charge in [0.1, 0.15) is 17.2 Å². The van der Waals surface area contributed by atoms with Crippen LogP contribution < -0.4 is 14.2 Å². The summed E-state index contributed by atoms with van der Waals surface area (Å²) in [4.78, 5) is 34.3. The largest absolute Gasteiger partial charge is 0.482 e. The van der Waals surface area contributed by atoms with Crippen molar-refractivity contribution in [2.45, 2.75) is 12.3 Å². The van der Waals surface area contributed by atoms with Crippen molar-refractivity contribution in [3.05, 3.63) is 89.5 Å². The number of ether oxygens (including phenoxy) is 6. The van der Waals surface area contributed by atoms with Gasteiger partial charge in [-0.1, -0.05) is 36.4 Å². The molecular formula is C29H30O9. The number of esters is 3. The molecular weight excluding hydrogens is 492 g/mol. The minimum Gasteiger partial charge on any atom is -0.482 e. The number of carbonyl (C=O) groups is 3. The summed E-state index contributed by atoms with van der Waals surface area (Å²) in [6.45, 7) is 1.51. The highest BCUT2D eigenvalue weighted by Crippen LogP contribution is 2.40. The molecule has 0 aromatic heterocycles. The molecule has 0 spiro atoms. The molecule has 0 heterocycles. The van der Waals surface area contributed by atoms with Gasteiger partial charge in [-0.25, -0.2) is 14.4 Å². The van der Waals surface area contributed by atoms with Gasteiger partial charge in [-0.05, 0) is 60.0 Å². The van der Waals surface area contributed by atoms with Crippen LogP contribution in [-0.2, 0) is 34.0 Å². The predicted octanol–water partition coefficient (Wildman–Crippen LogP) is 3.70. The number of carbonyl (C=O) groups excluding carboxylic acids is 3. The van der Waals surface area contributed by atoms with Crippen molar-refractivity contribution in [1.82, 2.24) is 0 Å². The van der Waals surface area contributed by atoms with Crippen LogP contribution in [0.25, 0.3) is 0 Å². The number of benzene rings is 3. The van der Waals surface area contributed by atoms with Crippen molar-refractivity contribution in [3.8, 4) is 17.2 Å². The molecule has 0 aliphatic rings.